The van der Waals surface area contributed by atoms with Gasteiger partial charge in [0.25, 0.3) is 0 Å². The summed E-state index contributed by atoms with van der Waals surface area (Å²) in [7, 11) is 0. The highest BCUT2D eigenvalue weighted by Gasteiger charge is 2.24. The highest BCUT2D eigenvalue weighted by atomic mass is 16.1. The van der Waals surface area contributed by atoms with E-state index in [1.165, 1.54) is 11.1 Å². The maximum atomic E-state index is 12.1. The van der Waals surface area contributed by atoms with Gasteiger partial charge in [0.05, 0.1) is 12.2 Å². The van der Waals surface area contributed by atoms with Gasteiger partial charge in [0, 0.05) is 12.5 Å². The Balaban J connectivity index is 1.78. The van der Waals surface area contributed by atoms with Crippen molar-refractivity contribution in [3.63, 3.8) is 0 Å². The molecule has 1 amide bonds. The smallest absolute Gasteiger partial charge is 0.225 e. The predicted octanol–water partition coefficient (Wildman–Crippen LogP) is 4.18. The standard InChI is InChI=1S/C19H25N3O/c1-14(2)10-11-19(23)21-18-12-13-20-22(18)17-9-5-7-15-6-3-4-8-16(15)17/h3-4,6,8,12-14,17H,5,7,9-11H2,1-2H3,(H,21,23). The Hall–Kier alpha value is -2.10. The number of hydrogen-bond acceptors (Lipinski definition) is 2. The molecule has 0 bridgehead atoms. The van der Waals surface area contributed by atoms with Crippen LogP contribution < -0.4 is 5.32 Å². The first-order valence-electron chi connectivity index (χ1n) is 8.56. The lowest BCUT2D eigenvalue weighted by Gasteiger charge is -2.27. The third-order valence-electron chi connectivity index (χ3n) is 4.52. The number of nitrogens with zero attached hydrogens (tertiary/aromatic N) is 2. The molecule has 1 heterocycles. The summed E-state index contributed by atoms with van der Waals surface area (Å²) in [5.41, 5.74) is 2.73. The molecule has 122 valence electrons. The molecule has 1 unspecified atom stereocenters. The van der Waals surface area contributed by atoms with Crippen molar-refractivity contribution in [3.8, 4) is 0 Å². The second kappa shape index (κ2) is 6.99. The zero-order valence-corrected chi connectivity index (χ0v) is 14.0. The largest absolute Gasteiger partial charge is 0.311 e. The molecule has 1 N–H and O–H groups in total. The van der Waals surface area contributed by atoms with Crippen LogP contribution >= 0.6 is 0 Å². The minimum atomic E-state index is 0.0737. The number of hydrogen-bond donors (Lipinski definition) is 1. The summed E-state index contributed by atoms with van der Waals surface area (Å²) < 4.78 is 1.98. The molecule has 1 atom stereocenters. The van der Waals surface area contributed by atoms with Gasteiger partial charge in [-0.05, 0) is 42.7 Å². The van der Waals surface area contributed by atoms with Crippen molar-refractivity contribution in [2.24, 2.45) is 5.92 Å². The van der Waals surface area contributed by atoms with E-state index in [4.69, 9.17) is 0 Å². The van der Waals surface area contributed by atoms with Gasteiger partial charge in [-0.3, -0.25) is 4.79 Å². The Morgan fingerprint density at radius 3 is 3.00 bits per heavy atom. The number of fused-ring (bicyclic) bond motifs is 1. The molecule has 4 nitrogen and oxygen atoms in total. The van der Waals surface area contributed by atoms with Gasteiger partial charge in [0.2, 0.25) is 5.91 Å². The van der Waals surface area contributed by atoms with Gasteiger partial charge in [0.15, 0.2) is 0 Å². The van der Waals surface area contributed by atoms with E-state index in [1.54, 1.807) is 6.20 Å². The number of anilines is 1. The lowest BCUT2D eigenvalue weighted by Crippen LogP contribution is -2.22. The first kappa shape index (κ1) is 15.8. The van der Waals surface area contributed by atoms with E-state index in [0.717, 1.165) is 31.5 Å². The van der Waals surface area contributed by atoms with Crippen molar-refractivity contribution in [3.05, 3.63) is 47.7 Å². The second-order valence-corrected chi connectivity index (χ2v) is 6.75. The first-order valence-corrected chi connectivity index (χ1v) is 8.56. The van der Waals surface area contributed by atoms with E-state index in [9.17, 15) is 4.79 Å². The zero-order chi connectivity index (χ0) is 16.2. The lowest BCUT2D eigenvalue weighted by atomic mass is 9.88. The summed E-state index contributed by atoms with van der Waals surface area (Å²) in [4.78, 5) is 12.1. The van der Waals surface area contributed by atoms with Crippen LogP contribution in [-0.4, -0.2) is 15.7 Å². The third-order valence-corrected chi connectivity index (χ3v) is 4.52. The number of carbonyl (C=O) groups is 1. The molecule has 3 rings (SSSR count). The van der Waals surface area contributed by atoms with Gasteiger partial charge >= 0.3 is 0 Å². The average molecular weight is 311 g/mol. The van der Waals surface area contributed by atoms with Gasteiger partial charge < -0.3 is 5.32 Å². The van der Waals surface area contributed by atoms with Crippen LogP contribution in [0.3, 0.4) is 0 Å². The molecule has 0 saturated heterocycles. The van der Waals surface area contributed by atoms with Crippen LogP contribution in [0, 0.1) is 5.92 Å². The summed E-state index contributed by atoms with van der Waals surface area (Å²) in [5.74, 6) is 1.42. The zero-order valence-electron chi connectivity index (χ0n) is 14.0. The van der Waals surface area contributed by atoms with Crippen molar-refractivity contribution in [2.45, 2.75) is 52.0 Å². The lowest BCUT2D eigenvalue weighted by molar-refractivity contribution is -0.116. The molecule has 1 aromatic carbocycles. The number of amides is 1. The van der Waals surface area contributed by atoms with E-state index in [0.29, 0.717) is 12.3 Å². The van der Waals surface area contributed by atoms with Crippen LogP contribution in [0.5, 0.6) is 0 Å². The fourth-order valence-corrected chi connectivity index (χ4v) is 3.27. The number of nitrogens with one attached hydrogen (secondary N) is 1. The molecule has 2 aromatic rings. The third kappa shape index (κ3) is 3.63. The molecule has 1 aromatic heterocycles. The van der Waals surface area contributed by atoms with Crippen molar-refractivity contribution in [2.75, 3.05) is 5.32 Å². The molecule has 0 saturated carbocycles. The summed E-state index contributed by atoms with van der Waals surface area (Å²) in [6.07, 6.45) is 6.59. The van der Waals surface area contributed by atoms with Gasteiger partial charge in [-0.15, -0.1) is 0 Å². The summed E-state index contributed by atoms with van der Waals surface area (Å²) in [6.45, 7) is 4.27. The molecule has 1 aliphatic rings. The Morgan fingerprint density at radius 2 is 2.17 bits per heavy atom. The highest BCUT2D eigenvalue weighted by molar-refractivity contribution is 5.89. The van der Waals surface area contributed by atoms with Gasteiger partial charge in [-0.25, -0.2) is 4.68 Å². The molecule has 0 spiro atoms. The fraction of sp³-hybridized carbons (Fsp3) is 0.474. The summed E-state index contributed by atoms with van der Waals surface area (Å²) in [6, 6.07) is 10.7. The number of carbonyl (C=O) groups excluding carboxylic acids is 1. The van der Waals surface area contributed by atoms with Gasteiger partial charge in [0.1, 0.15) is 5.82 Å². The van der Waals surface area contributed by atoms with E-state index in [2.05, 4.69) is 48.5 Å². The van der Waals surface area contributed by atoms with Crippen molar-refractivity contribution in [1.82, 2.24) is 9.78 Å². The quantitative estimate of drug-likeness (QED) is 0.900. The molecular weight excluding hydrogens is 286 g/mol. The maximum absolute atomic E-state index is 12.1. The predicted molar refractivity (Wildman–Crippen MR) is 92.4 cm³/mol. The average Bonchev–Trinajstić information content (AvgIpc) is 3.00. The van der Waals surface area contributed by atoms with Crippen LogP contribution in [-0.2, 0) is 11.2 Å². The van der Waals surface area contributed by atoms with E-state index < -0.39 is 0 Å². The number of aromatic nitrogens is 2. The second-order valence-electron chi connectivity index (χ2n) is 6.75. The van der Waals surface area contributed by atoms with Crippen LogP contribution in [0.25, 0.3) is 0 Å². The van der Waals surface area contributed by atoms with Crippen LogP contribution in [0.15, 0.2) is 36.5 Å². The van der Waals surface area contributed by atoms with Gasteiger partial charge in [-0.1, -0.05) is 38.1 Å². The first-order chi connectivity index (χ1) is 11.1. The minimum absolute atomic E-state index is 0.0737. The molecule has 23 heavy (non-hydrogen) atoms. The molecule has 0 radical (unpaired) electrons. The Labute approximate surface area is 137 Å². The maximum Gasteiger partial charge on any atom is 0.225 e. The molecule has 0 fully saturated rings. The molecule has 1 aliphatic carbocycles. The minimum Gasteiger partial charge on any atom is -0.311 e. The summed E-state index contributed by atoms with van der Waals surface area (Å²) in [5, 5.41) is 7.52. The Kier molecular flexibility index (Phi) is 4.79. The number of benzene rings is 1. The summed E-state index contributed by atoms with van der Waals surface area (Å²) >= 11 is 0. The number of rotatable bonds is 5. The van der Waals surface area contributed by atoms with Crippen LogP contribution in [0.1, 0.15) is 56.7 Å². The van der Waals surface area contributed by atoms with Crippen LogP contribution in [0.2, 0.25) is 0 Å². The highest BCUT2D eigenvalue weighted by Crippen LogP contribution is 2.34. The van der Waals surface area contributed by atoms with E-state index in [-0.39, 0.29) is 11.9 Å². The number of aryl methyl sites for hydroxylation is 1. The van der Waals surface area contributed by atoms with E-state index in [1.807, 2.05) is 10.7 Å². The molecular formula is C19H25N3O. The topological polar surface area (TPSA) is 46.9 Å². The fourth-order valence-electron chi connectivity index (χ4n) is 3.27. The van der Waals surface area contributed by atoms with Crippen molar-refractivity contribution >= 4 is 11.7 Å². The normalized spacial score (nSPS) is 17.1. The van der Waals surface area contributed by atoms with Crippen molar-refractivity contribution < 1.29 is 4.79 Å². The SMILES string of the molecule is CC(C)CCC(=O)Nc1ccnn1C1CCCc2ccccc21. The van der Waals surface area contributed by atoms with Crippen LogP contribution in [0.4, 0.5) is 5.82 Å². The van der Waals surface area contributed by atoms with E-state index >= 15 is 0 Å². The molecule has 4 heteroatoms. The van der Waals surface area contributed by atoms with Gasteiger partial charge in [-0.2, -0.15) is 5.10 Å². The van der Waals surface area contributed by atoms with Crippen molar-refractivity contribution in [1.29, 1.82) is 0 Å². The Morgan fingerprint density at radius 1 is 1.35 bits per heavy atom. The molecule has 0 aliphatic heterocycles. The Bertz CT molecular complexity index is 675. The monoisotopic (exact) mass is 311 g/mol.